The number of hydrogen-bond acceptors (Lipinski definition) is 3. The van der Waals surface area contributed by atoms with E-state index in [1.807, 2.05) is 30.3 Å². The van der Waals surface area contributed by atoms with Crippen LogP contribution in [0, 0.1) is 5.92 Å². The lowest BCUT2D eigenvalue weighted by Gasteiger charge is -2.19. The molecule has 0 N–H and O–H groups in total. The zero-order chi connectivity index (χ0) is 11.2. The second-order valence-corrected chi connectivity index (χ2v) is 4.30. The fourth-order valence-corrected chi connectivity index (χ4v) is 1.90. The van der Waals surface area contributed by atoms with Gasteiger partial charge in [0.2, 0.25) is 0 Å². The van der Waals surface area contributed by atoms with E-state index in [1.54, 1.807) is 0 Å². The largest absolute Gasteiger partial charge is 0.381 e. The Kier molecular flexibility index (Phi) is 4.34. The number of rotatable bonds is 5. The number of hydroxylamine groups is 2. The summed E-state index contributed by atoms with van der Waals surface area (Å²) in [5.41, 5.74) is 1.21. The minimum absolute atomic E-state index is 0.626. The molecule has 88 valence electrons. The molecule has 0 saturated carbocycles. The van der Waals surface area contributed by atoms with E-state index in [-0.39, 0.29) is 0 Å². The Hall–Kier alpha value is -0.900. The second-order valence-electron chi connectivity index (χ2n) is 4.30. The first-order valence-electron chi connectivity index (χ1n) is 5.80. The van der Waals surface area contributed by atoms with Crippen LogP contribution in [0.15, 0.2) is 30.3 Å². The number of benzene rings is 1. The van der Waals surface area contributed by atoms with Gasteiger partial charge in [-0.1, -0.05) is 30.3 Å². The SMILES string of the molecule is CN(C[C@@H]1CCOC1)OCc1ccccc1. The number of hydrogen-bond donors (Lipinski definition) is 0. The first-order chi connectivity index (χ1) is 7.84. The molecule has 1 fully saturated rings. The zero-order valence-electron chi connectivity index (χ0n) is 9.76. The standard InChI is InChI=1S/C13H19NO2/c1-14(9-13-7-8-15-10-13)16-11-12-5-3-2-4-6-12/h2-6,13H,7-11H2,1H3/t13-/m0/s1. The van der Waals surface area contributed by atoms with Crippen molar-refractivity contribution in [3.8, 4) is 0 Å². The molecule has 1 aromatic carbocycles. The topological polar surface area (TPSA) is 21.7 Å². The average Bonchev–Trinajstić information content (AvgIpc) is 2.81. The molecule has 16 heavy (non-hydrogen) atoms. The van der Waals surface area contributed by atoms with Crippen LogP contribution in [0.4, 0.5) is 0 Å². The van der Waals surface area contributed by atoms with Crippen LogP contribution in [-0.2, 0) is 16.2 Å². The van der Waals surface area contributed by atoms with Crippen LogP contribution in [0.1, 0.15) is 12.0 Å². The highest BCUT2D eigenvalue weighted by atomic mass is 16.7. The van der Waals surface area contributed by atoms with Crippen molar-refractivity contribution in [3.63, 3.8) is 0 Å². The van der Waals surface area contributed by atoms with Gasteiger partial charge in [-0.2, -0.15) is 5.06 Å². The molecule has 0 aromatic heterocycles. The maximum absolute atomic E-state index is 5.67. The van der Waals surface area contributed by atoms with Crippen LogP contribution < -0.4 is 0 Å². The summed E-state index contributed by atoms with van der Waals surface area (Å²) in [6.07, 6.45) is 1.15. The van der Waals surface area contributed by atoms with Crippen LogP contribution in [0.25, 0.3) is 0 Å². The van der Waals surface area contributed by atoms with Gasteiger partial charge in [-0.3, -0.25) is 4.84 Å². The maximum Gasteiger partial charge on any atom is 0.0935 e. The van der Waals surface area contributed by atoms with Gasteiger partial charge >= 0.3 is 0 Å². The van der Waals surface area contributed by atoms with Crippen molar-refractivity contribution >= 4 is 0 Å². The first-order valence-corrected chi connectivity index (χ1v) is 5.80. The Morgan fingerprint density at radius 2 is 2.19 bits per heavy atom. The first kappa shape index (κ1) is 11.6. The second kappa shape index (κ2) is 5.99. The molecule has 0 spiro atoms. The molecule has 3 nitrogen and oxygen atoms in total. The van der Waals surface area contributed by atoms with E-state index in [9.17, 15) is 0 Å². The minimum atomic E-state index is 0.626. The van der Waals surface area contributed by atoms with Gasteiger partial charge in [-0.05, 0) is 17.9 Å². The Balaban J connectivity index is 1.69. The van der Waals surface area contributed by atoms with E-state index >= 15 is 0 Å². The molecule has 1 aliphatic rings. The van der Waals surface area contributed by atoms with Crippen LogP contribution >= 0.6 is 0 Å². The lowest BCUT2D eigenvalue weighted by molar-refractivity contribution is -0.157. The fraction of sp³-hybridized carbons (Fsp3) is 0.538. The maximum atomic E-state index is 5.67. The molecule has 1 aliphatic heterocycles. The van der Waals surface area contributed by atoms with Gasteiger partial charge in [0, 0.05) is 20.2 Å². The van der Waals surface area contributed by atoms with Gasteiger partial charge in [0.25, 0.3) is 0 Å². The van der Waals surface area contributed by atoms with Crippen molar-refractivity contribution in [2.24, 2.45) is 5.92 Å². The van der Waals surface area contributed by atoms with Gasteiger partial charge in [0.1, 0.15) is 0 Å². The normalized spacial score (nSPS) is 20.5. The van der Waals surface area contributed by atoms with Gasteiger partial charge in [-0.25, -0.2) is 0 Å². The molecule has 0 unspecified atom stereocenters. The summed E-state index contributed by atoms with van der Waals surface area (Å²) in [6.45, 7) is 3.37. The van der Waals surface area contributed by atoms with Gasteiger partial charge in [0.15, 0.2) is 0 Å². The molecule has 1 aromatic rings. The van der Waals surface area contributed by atoms with E-state index in [0.29, 0.717) is 12.5 Å². The fourth-order valence-electron chi connectivity index (χ4n) is 1.90. The third kappa shape index (κ3) is 3.59. The van der Waals surface area contributed by atoms with Crippen LogP contribution in [-0.4, -0.2) is 31.9 Å². The highest BCUT2D eigenvalue weighted by Gasteiger charge is 2.17. The van der Waals surface area contributed by atoms with Gasteiger partial charge < -0.3 is 4.74 Å². The van der Waals surface area contributed by atoms with E-state index in [1.165, 1.54) is 5.56 Å². The quantitative estimate of drug-likeness (QED) is 0.711. The molecular formula is C13H19NO2. The average molecular weight is 221 g/mol. The lowest BCUT2D eigenvalue weighted by Crippen LogP contribution is -2.26. The monoisotopic (exact) mass is 221 g/mol. The zero-order valence-corrected chi connectivity index (χ0v) is 9.76. The molecule has 1 heterocycles. The Morgan fingerprint density at radius 1 is 1.38 bits per heavy atom. The van der Waals surface area contributed by atoms with E-state index in [0.717, 1.165) is 26.2 Å². The highest BCUT2D eigenvalue weighted by Crippen LogP contribution is 2.13. The summed E-state index contributed by atoms with van der Waals surface area (Å²) in [5.74, 6) is 0.626. The van der Waals surface area contributed by atoms with Crippen molar-refractivity contribution in [3.05, 3.63) is 35.9 Å². The summed E-state index contributed by atoms with van der Waals surface area (Å²) in [4.78, 5) is 5.67. The van der Waals surface area contributed by atoms with Gasteiger partial charge in [-0.15, -0.1) is 0 Å². The lowest BCUT2D eigenvalue weighted by atomic mass is 10.1. The predicted octanol–water partition coefficient (Wildman–Crippen LogP) is 2.09. The smallest absolute Gasteiger partial charge is 0.0935 e. The van der Waals surface area contributed by atoms with E-state index in [4.69, 9.17) is 9.57 Å². The van der Waals surface area contributed by atoms with Crippen molar-refractivity contribution in [1.82, 2.24) is 5.06 Å². The Morgan fingerprint density at radius 3 is 2.88 bits per heavy atom. The molecular weight excluding hydrogens is 202 g/mol. The minimum Gasteiger partial charge on any atom is -0.381 e. The Labute approximate surface area is 96.9 Å². The van der Waals surface area contributed by atoms with Crippen molar-refractivity contribution in [1.29, 1.82) is 0 Å². The summed E-state index contributed by atoms with van der Waals surface area (Å²) in [5, 5.41) is 1.92. The molecule has 0 amide bonds. The number of ether oxygens (including phenoxy) is 1. The highest BCUT2D eigenvalue weighted by molar-refractivity contribution is 5.13. The molecule has 0 aliphatic carbocycles. The number of nitrogens with zero attached hydrogens (tertiary/aromatic N) is 1. The van der Waals surface area contributed by atoms with E-state index in [2.05, 4.69) is 12.1 Å². The van der Waals surface area contributed by atoms with Crippen molar-refractivity contribution < 1.29 is 9.57 Å². The van der Waals surface area contributed by atoms with Gasteiger partial charge in [0.05, 0.1) is 13.2 Å². The predicted molar refractivity (Wildman–Crippen MR) is 62.8 cm³/mol. The summed E-state index contributed by atoms with van der Waals surface area (Å²) >= 11 is 0. The molecule has 2 rings (SSSR count). The molecule has 1 atom stereocenters. The molecule has 0 bridgehead atoms. The molecule has 1 saturated heterocycles. The van der Waals surface area contributed by atoms with Crippen molar-refractivity contribution in [2.75, 3.05) is 26.8 Å². The van der Waals surface area contributed by atoms with Crippen LogP contribution in [0.5, 0.6) is 0 Å². The third-order valence-electron chi connectivity index (χ3n) is 2.83. The van der Waals surface area contributed by atoms with E-state index < -0.39 is 0 Å². The third-order valence-corrected chi connectivity index (χ3v) is 2.83. The Bertz CT molecular complexity index is 296. The van der Waals surface area contributed by atoms with Crippen LogP contribution in [0.3, 0.4) is 0 Å². The molecule has 3 heteroatoms. The summed E-state index contributed by atoms with van der Waals surface area (Å²) < 4.78 is 5.34. The summed E-state index contributed by atoms with van der Waals surface area (Å²) in [7, 11) is 1.99. The summed E-state index contributed by atoms with van der Waals surface area (Å²) in [6, 6.07) is 10.2. The molecule has 0 radical (unpaired) electrons. The van der Waals surface area contributed by atoms with Crippen molar-refractivity contribution in [2.45, 2.75) is 13.0 Å². The van der Waals surface area contributed by atoms with Crippen LogP contribution in [0.2, 0.25) is 0 Å².